The lowest BCUT2D eigenvalue weighted by atomic mass is 10.2. The zero-order valence-electron chi connectivity index (χ0n) is 10.4. The van der Waals surface area contributed by atoms with Crippen LogP contribution in [0.5, 0.6) is 5.75 Å². The van der Waals surface area contributed by atoms with Crippen LogP contribution in [0.2, 0.25) is 10.0 Å². The van der Waals surface area contributed by atoms with E-state index in [0.717, 1.165) is 0 Å². The third-order valence-corrected chi connectivity index (χ3v) is 4.78. The Kier molecular flexibility index (Phi) is 4.13. The molecule has 0 bridgehead atoms. The van der Waals surface area contributed by atoms with Crippen LogP contribution < -0.4 is 4.72 Å². The highest BCUT2D eigenvalue weighted by Gasteiger charge is 2.18. The standard InChI is InChI=1S/C13H11Cl2NO3S/c1-8-3-2-4-12(17)13(8)16-20(18,19)9-5-6-10(14)11(15)7-9/h2-7,16-17H,1H3. The quantitative estimate of drug-likeness (QED) is 0.840. The fourth-order valence-electron chi connectivity index (χ4n) is 1.62. The lowest BCUT2D eigenvalue weighted by molar-refractivity contribution is 0.477. The molecule has 0 aliphatic rings. The van der Waals surface area contributed by atoms with Crippen LogP contribution in [0.1, 0.15) is 5.56 Å². The lowest BCUT2D eigenvalue weighted by Crippen LogP contribution is -2.13. The van der Waals surface area contributed by atoms with Gasteiger partial charge in [0.1, 0.15) is 5.75 Å². The van der Waals surface area contributed by atoms with Gasteiger partial charge in [0.05, 0.1) is 20.6 Å². The van der Waals surface area contributed by atoms with Gasteiger partial charge in [-0.1, -0.05) is 35.3 Å². The Morgan fingerprint density at radius 3 is 2.40 bits per heavy atom. The Morgan fingerprint density at radius 1 is 1.10 bits per heavy atom. The molecule has 2 N–H and O–H groups in total. The number of benzene rings is 2. The molecule has 0 saturated carbocycles. The first-order valence-electron chi connectivity index (χ1n) is 5.58. The minimum absolute atomic E-state index is 0.0328. The first kappa shape index (κ1) is 15.0. The third kappa shape index (κ3) is 3.00. The van der Waals surface area contributed by atoms with E-state index in [2.05, 4.69) is 4.72 Å². The molecule has 0 unspecified atom stereocenters. The number of halogens is 2. The van der Waals surface area contributed by atoms with E-state index >= 15 is 0 Å². The van der Waals surface area contributed by atoms with Gasteiger partial charge in [0, 0.05) is 0 Å². The number of rotatable bonds is 3. The lowest BCUT2D eigenvalue weighted by Gasteiger charge is -2.12. The summed E-state index contributed by atoms with van der Waals surface area (Å²) in [5.74, 6) is -0.145. The van der Waals surface area contributed by atoms with Gasteiger partial charge < -0.3 is 5.11 Å². The van der Waals surface area contributed by atoms with Crippen molar-refractivity contribution in [2.75, 3.05) is 4.72 Å². The fraction of sp³-hybridized carbons (Fsp3) is 0.0769. The number of phenolic OH excluding ortho intramolecular Hbond substituents is 1. The molecule has 2 aromatic rings. The summed E-state index contributed by atoms with van der Waals surface area (Å²) in [6, 6.07) is 8.71. The summed E-state index contributed by atoms with van der Waals surface area (Å²) in [7, 11) is -3.85. The number of phenols is 1. The Balaban J connectivity index is 2.43. The highest BCUT2D eigenvalue weighted by atomic mass is 35.5. The van der Waals surface area contributed by atoms with Crippen LogP contribution in [0.25, 0.3) is 0 Å². The van der Waals surface area contributed by atoms with Crippen LogP contribution in [0.3, 0.4) is 0 Å². The molecule has 0 atom stereocenters. The molecule has 0 spiro atoms. The van der Waals surface area contributed by atoms with Crippen LogP contribution in [0.15, 0.2) is 41.3 Å². The summed E-state index contributed by atoms with van der Waals surface area (Å²) in [4.78, 5) is -0.0328. The van der Waals surface area contributed by atoms with Gasteiger partial charge in [0.15, 0.2) is 0 Å². The van der Waals surface area contributed by atoms with Crippen molar-refractivity contribution in [2.24, 2.45) is 0 Å². The van der Waals surface area contributed by atoms with E-state index in [9.17, 15) is 13.5 Å². The molecule has 0 amide bonds. The SMILES string of the molecule is Cc1cccc(O)c1NS(=O)(=O)c1ccc(Cl)c(Cl)c1. The van der Waals surface area contributed by atoms with E-state index < -0.39 is 10.0 Å². The normalized spacial score (nSPS) is 11.3. The Hall–Kier alpha value is -1.43. The van der Waals surface area contributed by atoms with Gasteiger partial charge in [-0.05, 0) is 36.8 Å². The monoisotopic (exact) mass is 331 g/mol. The number of sulfonamides is 1. The summed E-state index contributed by atoms with van der Waals surface area (Å²) in [5.41, 5.74) is 0.743. The van der Waals surface area contributed by atoms with Crippen LogP contribution in [0.4, 0.5) is 5.69 Å². The van der Waals surface area contributed by atoms with E-state index in [4.69, 9.17) is 23.2 Å². The molecule has 0 fully saturated rings. The van der Waals surface area contributed by atoms with E-state index in [1.165, 1.54) is 24.3 Å². The summed E-state index contributed by atoms with van der Waals surface area (Å²) in [6.07, 6.45) is 0. The maximum absolute atomic E-state index is 12.2. The Labute approximate surface area is 127 Å². The molecular weight excluding hydrogens is 321 g/mol. The topological polar surface area (TPSA) is 66.4 Å². The third-order valence-electron chi connectivity index (χ3n) is 2.69. The number of hydrogen-bond donors (Lipinski definition) is 2. The number of anilines is 1. The highest BCUT2D eigenvalue weighted by molar-refractivity contribution is 7.92. The van der Waals surface area contributed by atoms with Crippen molar-refractivity contribution in [3.05, 3.63) is 52.0 Å². The Morgan fingerprint density at radius 2 is 1.80 bits per heavy atom. The zero-order valence-corrected chi connectivity index (χ0v) is 12.7. The van der Waals surface area contributed by atoms with Crippen molar-refractivity contribution >= 4 is 38.9 Å². The number of nitrogens with one attached hydrogen (secondary N) is 1. The largest absolute Gasteiger partial charge is 0.506 e. The van der Waals surface area contributed by atoms with Gasteiger partial charge in [-0.25, -0.2) is 8.42 Å². The summed E-state index contributed by atoms with van der Waals surface area (Å²) >= 11 is 11.6. The second-order valence-corrected chi connectivity index (χ2v) is 6.65. The smallest absolute Gasteiger partial charge is 0.262 e. The number of aryl methyl sites for hydroxylation is 1. The van der Waals surface area contributed by atoms with Crippen molar-refractivity contribution in [2.45, 2.75) is 11.8 Å². The van der Waals surface area contributed by atoms with Crippen LogP contribution in [0, 0.1) is 6.92 Å². The van der Waals surface area contributed by atoms with Gasteiger partial charge in [-0.15, -0.1) is 0 Å². The molecule has 106 valence electrons. The zero-order chi connectivity index (χ0) is 14.9. The van der Waals surface area contributed by atoms with E-state index in [1.54, 1.807) is 19.1 Å². The van der Waals surface area contributed by atoms with Gasteiger partial charge in [0.2, 0.25) is 0 Å². The molecule has 0 saturated heterocycles. The van der Waals surface area contributed by atoms with Crippen molar-refractivity contribution in [3.63, 3.8) is 0 Å². The second kappa shape index (κ2) is 5.52. The van der Waals surface area contributed by atoms with E-state index in [1.807, 2.05) is 0 Å². The van der Waals surface area contributed by atoms with Crippen molar-refractivity contribution in [3.8, 4) is 5.75 Å². The van der Waals surface area contributed by atoms with Crippen LogP contribution in [-0.4, -0.2) is 13.5 Å². The Bertz CT molecular complexity index is 740. The number of hydrogen-bond acceptors (Lipinski definition) is 3. The van der Waals surface area contributed by atoms with Gasteiger partial charge in [-0.2, -0.15) is 0 Å². The molecular formula is C13H11Cl2NO3S. The molecule has 2 aromatic carbocycles. The average Bonchev–Trinajstić information content (AvgIpc) is 2.37. The first-order chi connectivity index (χ1) is 9.31. The van der Waals surface area contributed by atoms with Gasteiger partial charge in [0.25, 0.3) is 10.0 Å². The van der Waals surface area contributed by atoms with E-state index in [-0.39, 0.29) is 26.4 Å². The van der Waals surface area contributed by atoms with Gasteiger partial charge >= 0.3 is 0 Å². The molecule has 2 rings (SSSR count). The molecule has 4 nitrogen and oxygen atoms in total. The number of para-hydroxylation sites is 1. The van der Waals surface area contributed by atoms with Crippen LogP contribution in [-0.2, 0) is 10.0 Å². The predicted molar refractivity (Wildman–Crippen MR) is 80.1 cm³/mol. The summed E-state index contributed by atoms with van der Waals surface area (Å²) in [6.45, 7) is 1.69. The maximum Gasteiger partial charge on any atom is 0.262 e. The van der Waals surface area contributed by atoms with Crippen molar-refractivity contribution in [1.82, 2.24) is 0 Å². The predicted octanol–water partition coefficient (Wildman–Crippen LogP) is 3.81. The van der Waals surface area contributed by atoms with Gasteiger partial charge in [-0.3, -0.25) is 4.72 Å². The minimum atomic E-state index is -3.85. The van der Waals surface area contributed by atoms with E-state index in [0.29, 0.717) is 5.56 Å². The molecule has 0 aliphatic carbocycles. The molecule has 0 aliphatic heterocycles. The molecule has 0 heterocycles. The van der Waals surface area contributed by atoms with Crippen molar-refractivity contribution in [1.29, 1.82) is 0 Å². The molecule has 20 heavy (non-hydrogen) atoms. The molecule has 7 heteroatoms. The summed E-state index contributed by atoms with van der Waals surface area (Å²) in [5, 5.41) is 10.1. The second-order valence-electron chi connectivity index (χ2n) is 4.15. The van der Waals surface area contributed by atoms with Crippen molar-refractivity contribution < 1.29 is 13.5 Å². The summed E-state index contributed by atoms with van der Waals surface area (Å²) < 4.78 is 26.8. The molecule has 0 radical (unpaired) electrons. The molecule has 0 aromatic heterocycles. The van der Waals surface area contributed by atoms with Crippen LogP contribution >= 0.6 is 23.2 Å². The highest BCUT2D eigenvalue weighted by Crippen LogP contribution is 2.30. The first-order valence-corrected chi connectivity index (χ1v) is 7.81. The minimum Gasteiger partial charge on any atom is -0.506 e. The maximum atomic E-state index is 12.2. The fourth-order valence-corrected chi connectivity index (χ4v) is 3.16. The number of aromatic hydroxyl groups is 1. The average molecular weight is 332 g/mol.